The molecule has 0 spiro atoms. The molecule has 36 heavy (non-hydrogen) atoms. The molecule has 0 aliphatic heterocycles. The lowest BCUT2D eigenvalue weighted by atomic mass is 9.83. The van der Waals surface area contributed by atoms with Crippen molar-refractivity contribution in [2.24, 2.45) is 10.2 Å². The van der Waals surface area contributed by atoms with E-state index >= 15 is 0 Å². The number of hydrogen-bond acceptors (Lipinski definition) is 9. The van der Waals surface area contributed by atoms with Gasteiger partial charge in [0, 0.05) is 22.4 Å². The number of aromatic nitrogens is 1. The van der Waals surface area contributed by atoms with Crippen LogP contribution in [0.3, 0.4) is 0 Å². The maximum atomic E-state index is 13.3. The number of aromatic hydroxyl groups is 1. The van der Waals surface area contributed by atoms with E-state index in [-0.39, 0.29) is 56.6 Å². The van der Waals surface area contributed by atoms with Gasteiger partial charge in [0.2, 0.25) is 0 Å². The zero-order chi connectivity index (χ0) is 25.4. The highest BCUT2D eigenvalue weighted by Gasteiger charge is 2.33. The number of pyridine rings is 1. The van der Waals surface area contributed by atoms with Crippen LogP contribution >= 0.6 is 0 Å². The van der Waals surface area contributed by atoms with Gasteiger partial charge in [-0.1, -0.05) is 42.5 Å². The summed E-state index contributed by atoms with van der Waals surface area (Å²) in [4.78, 5) is 30.7. The van der Waals surface area contributed by atoms with Crippen LogP contribution in [-0.4, -0.2) is 21.7 Å². The summed E-state index contributed by atoms with van der Waals surface area (Å²) >= 11 is 0. The van der Waals surface area contributed by atoms with Gasteiger partial charge in [0.15, 0.2) is 17.4 Å². The van der Waals surface area contributed by atoms with E-state index in [9.17, 15) is 20.0 Å². The second kappa shape index (κ2) is 8.77. The van der Waals surface area contributed by atoms with E-state index in [2.05, 4.69) is 20.5 Å². The average molecular weight is 474 g/mol. The second-order valence-electron chi connectivity index (χ2n) is 8.05. The van der Waals surface area contributed by atoms with Gasteiger partial charge in [0.1, 0.15) is 23.3 Å². The molecule has 0 radical (unpaired) electrons. The van der Waals surface area contributed by atoms with Gasteiger partial charge in [-0.3, -0.25) is 9.59 Å². The number of benzene rings is 3. The summed E-state index contributed by atoms with van der Waals surface area (Å²) in [5.74, 6) is -0.855. The fourth-order valence-corrected chi connectivity index (χ4v) is 4.12. The highest BCUT2D eigenvalue weighted by atomic mass is 16.3. The Morgan fingerprint density at radius 2 is 1.58 bits per heavy atom. The molecule has 1 heterocycles. The minimum atomic E-state index is -0.474. The van der Waals surface area contributed by atoms with E-state index in [1.54, 1.807) is 19.1 Å². The number of phenolic OH excluding ortho intramolecular Hbond substituents is 1. The van der Waals surface area contributed by atoms with E-state index in [4.69, 9.17) is 5.73 Å². The molecular weight excluding hydrogens is 456 g/mol. The van der Waals surface area contributed by atoms with Crippen LogP contribution in [0.5, 0.6) is 5.75 Å². The van der Waals surface area contributed by atoms with Gasteiger partial charge >= 0.3 is 0 Å². The number of fused-ring (bicyclic) bond motifs is 2. The van der Waals surface area contributed by atoms with Crippen molar-refractivity contribution in [1.82, 2.24) is 4.98 Å². The van der Waals surface area contributed by atoms with Gasteiger partial charge in [-0.05, 0) is 31.2 Å². The number of azo groups is 1. The number of nitriles is 1. The number of nitrogens with two attached hydrogens (primary N) is 1. The normalized spacial score (nSPS) is 12.2. The number of nitrogen functional groups attached to an aromatic ring is 1. The highest BCUT2D eigenvalue weighted by molar-refractivity contribution is 6.30. The van der Waals surface area contributed by atoms with E-state index in [0.717, 1.165) is 5.69 Å². The molecule has 0 unspecified atom stereocenters. The first-order valence-corrected chi connectivity index (χ1v) is 10.9. The Bertz CT molecular complexity index is 1640. The topological polar surface area (TPSA) is 154 Å². The number of nitrogens with one attached hydrogen (secondary N) is 1. The summed E-state index contributed by atoms with van der Waals surface area (Å²) in [6.07, 6.45) is 0. The monoisotopic (exact) mass is 474 g/mol. The predicted octanol–water partition coefficient (Wildman–Crippen LogP) is 5.48. The molecule has 1 aliphatic carbocycles. The number of rotatable bonds is 4. The molecule has 4 aromatic rings. The fraction of sp³-hybridized carbons (Fsp3) is 0.0370. The first-order chi connectivity index (χ1) is 17.4. The summed E-state index contributed by atoms with van der Waals surface area (Å²) in [7, 11) is 0. The molecule has 0 saturated carbocycles. The number of phenols is 1. The molecule has 9 nitrogen and oxygen atoms in total. The molecular formula is C27H18N6O3. The van der Waals surface area contributed by atoms with Gasteiger partial charge in [-0.15, -0.1) is 10.2 Å². The first kappa shape index (κ1) is 22.4. The largest absolute Gasteiger partial charge is 0.507 e. The lowest BCUT2D eigenvalue weighted by Gasteiger charge is -2.19. The van der Waals surface area contributed by atoms with Crippen molar-refractivity contribution >= 4 is 40.3 Å². The Kier molecular flexibility index (Phi) is 5.47. The Hall–Kier alpha value is -5.36. The quantitative estimate of drug-likeness (QED) is 0.291. The smallest absolute Gasteiger partial charge is 0.198 e. The van der Waals surface area contributed by atoms with E-state index in [0.29, 0.717) is 5.56 Å². The molecule has 0 fully saturated rings. The molecule has 4 N–H and O–H groups in total. The fourth-order valence-electron chi connectivity index (χ4n) is 4.12. The second-order valence-corrected chi connectivity index (χ2v) is 8.05. The molecule has 1 aromatic heterocycles. The number of hydrogen-bond donors (Lipinski definition) is 3. The average Bonchev–Trinajstić information content (AvgIpc) is 2.87. The number of ketones is 2. The lowest BCUT2D eigenvalue weighted by Crippen LogP contribution is -2.21. The van der Waals surface area contributed by atoms with Crippen LogP contribution in [0, 0.1) is 18.3 Å². The predicted molar refractivity (Wildman–Crippen MR) is 133 cm³/mol. The number of carbonyl (C=O) groups is 2. The van der Waals surface area contributed by atoms with Crippen LogP contribution in [0.2, 0.25) is 0 Å². The van der Waals surface area contributed by atoms with Gasteiger partial charge in [-0.2, -0.15) is 5.26 Å². The maximum absolute atomic E-state index is 13.3. The Morgan fingerprint density at radius 1 is 0.917 bits per heavy atom. The molecule has 0 amide bonds. The Balaban J connectivity index is 1.63. The third-order valence-electron chi connectivity index (χ3n) is 5.88. The zero-order valence-corrected chi connectivity index (χ0v) is 19.0. The maximum Gasteiger partial charge on any atom is 0.198 e. The summed E-state index contributed by atoms with van der Waals surface area (Å²) in [5.41, 5.74) is 8.03. The molecule has 0 atom stereocenters. The van der Waals surface area contributed by atoms with Crippen LogP contribution in [0.4, 0.5) is 28.7 Å². The van der Waals surface area contributed by atoms with Crippen molar-refractivity contribution in [3.05, 3.63) is 100 Å². The third-order valence-corrected chi connectivity index (χ3v) is 5.88. The molecule has 0 bridgehead atoms. The van der Waals surface area contributed by atoms with Crippen LogP contribution in [-0.2, 0) is 0 Å². The van der Waals surface area contributed by atoms with Crippen molar-refractivity contribution < 1.29 is 14.7 Å². The first-order valence-electron chi connectivity index (χ1n) is 10.9. The minimum Gasteiger partial charge on any atom is -0.507 e. The Labute approximate surface area is 205 Å². The summed E-state index contributed by atoms with van der Waals surface area (Å²) in [6, 6.07) is 20.3. The summed E-state index contributed by atoms with van der Waals surface area (Å²) in [6.45, 7) is 1.68. The SMILES string of the molecule is Cc1c(C#N)c(N)nc(Nc2ccccc2)c1/N=N/c1cccc2c1C(=O)c1cccc(O)c1C2=O. The summed E-state index contributed by atoms with van der Waals surface area (Å²) < 4.78 is 0. The molecule has 174 valence electrons. The number of para-hydroxylation sites is 1. The number of anilines is 3. The van der Waals surface area contributed by atoms with E-state index in [1.807, 2.05) is 36.4 Å². The molecule has 3 aromatic carbocycles. The van der Waals surface area contributed by atoms with Crippen LogP contribution in [0.1, 0.15) is 43.0 Å². The Morgan fingerprint density at radius 3 is 2.31 bits per heavy atom. The van der Waals surface area contributed by atoms with Gasteiger partial charge in [-0.25, -0.2) is 4.98 Å². The van der Waals surface area contributed by atoms with Gasteiger partial charge in [0.25, 0.3) is 0 Å². The highest BCUT2D eigenvalue weighted by Crippen LogP contribution is 2.39. The molecule has 0 saturated heterocycles. The zero-order valence-electron chi connectivity index (χ0n) is 19.0. The standard InChI is InChI=1S/C27H18N6O3/c1-14-18(13-28)26(29)31-27(30-15-7-3-2-4-8-15)23(14)33-32-19-11-5-9-16-21(19)24(35)17-10-6-12-20(34)22(17)25(16)36/h2-12,34H,1H3,(H3,29,30,31)/b33-32+. The molecule has 9 heteroatoms. The van der Waals surface area contributed by atoms with Crippen molar-refractivity contribution in [2.45, 2.75) is 6.92 Å². The number of nitrogens with zero attached hydrogens (tertiary/aromatic N) is 4. The van der Waals surface area contributed by atoms with E-state index < -0.39 is 11.6 Å². The van der Waals surface area contributed by atoms with Gasteiger partial charge in [0.05, 0.1) is 22.4 Å². The minimum absolute atomic E-state index is 0.0318. The summed E-state index contributed by atoms with van der Waals surface area (Å²) in [5, 5.41) is 31.5. The van der Waals surface area contributed by atoms with Crippen LogP contribution < -0.4 is 11.1 Å². The number of carbonyl (C=O) groups excluding carboxylic acids is 2. The molecule has 5 rings (SSSR count). The van der Waals surface area contributed by atoms with Crippen molar-refractivity contribution in [3.63, 3.8) is 0 Å². The van der Waals surface area contributed by atoms with Crippen LogP contribution in [0.25, 0.3) is 0 Å². The van der Waals surface area contributed by atoms with E-state index in [1.165, 1.54) is 24.3 Å². The lowest BCUT2D eigenvalue weighted by molar-refractivity contribution is 0.0977. The van der Waals surface area contributed by atoms with Crippen molar-refractivity contribution in [1.29, 1.82) is 5.26 Å². The third kappa shape index (κ3) is 3.63. The van der Waals surface area contributed by atoms with Gasteiger partial charge < -0.3 is 16.2 Å². The van der Waals surface area contributed by atoms with Crippen LogP contribution in [0.15, 0.2) is 77.0 Å². The van der Waals surface area contributed by atoms with Crippen molar-refractivity contribution in [2.75, 3.05) is 11.1 Å². The molecule has 1 aliphatic rings. The van der Waals surface area contributed by atoms with Crippen molar-refractivity contribution in [3.8, 4) is 11.8 Å².